The van der Waals surface area contributed by atoms with Crippen LogP contribution in [0.3, 0.4) is 0 Å². The molecule has 0 saturated heterocycles. The topological polar surface area (TPSA) is 34.1 Å². The van der Waals surface area contributed by atoms with E-state index in [0.717, 1.165) is 22.3 Å². The van der Waals surface area contributed by atoms with E-state index in [1.165, 1.54) is 6.08 Å². The molecule has 0 spiro atoms. The maximum Gasteiger partial charge on any atom is 0.182 e. The molecule has 3 aromatic rings. The molecule has 120 valence electrons. The summed E-state index contributed by atoms with van der Waals surface area (Å²) in [6.45, 7) is 3.58. The Morgan fingerprint density at radius 2 is 1.33 bits per heavy atom. The molecule has 0 atom stereocenters. The highest BCUT2D eigenvalue weighted by molar-refractivity contribution is 7.91. The Kier molecular flexibility index (Phi) is 4.63. The highest BCUT2D eigenvalue weighted by Crippen LogP contribution is 2.37. The third-order valence-electron chi connectivity index (χ3n) is 3.85. The van der Waals surface area contributed by atoms with Crippen LogP contribution in [0, 0.1) is 0 Å². The summed E-state index contributed by atoms with van der Waals surface area (Å²) in [5.74, 6) is -0.0783. The van der Waals surface area contributed by atoms with Gasteiger partial charge in [-0.2, -0.15) is 0 Å². The summed E-state index contributed by atoms with van der Waals surface area (Å²) in [6.07, 6.45) is 1.43. The molecule has 0 bridgehead atoms. The van der Waals surface area contributed by atoms with Crippen LogP contribution in [0.15, 0.2) is 96.4 Å². The van der Waals surface area contributed by atoms with Gasteiger partial charge in [-0.3, -0.25) is 0 Å². The lowest BCUT2D eigenvalue weighted by molar-refractivity contribution is 0.599. The molecule has 3 rings (SSSR count). The van der Waals surface area contributed by atoms with E-state index < -0.39 is 9.84 Å². The van der Waals surface area contributed by atoms with Crippen LogP contribution in [0.2, 0.25) is 0 Å². The lowest BCUT2D eigenvalue weighted by Crippen LogP contribution is -2.07. The molecule has 0 unspecified atom stereocenters. The first-order chi connectivity index (χ1) is 11.6. The van der Waals surface area contributed by atoms with Gasteiger partial charge in [0.1, 0.15) is 0 Å². The maximum atomic E-state index is 12.7. The first-order valence-electron chi connectivity index (χ1n) is 7.71. The molecular weight excluding hydrogens is 316 g/mol. The molecule has 0 saturated carbocycles. The third-order valence-corrected chi connectivity index (χ3v) is 5.53. The smallest absolute Gasteiger partial charge is 0.182 e. The summed E-state index contributed by atoms with van der Waals surface area (Å²) < 4.78 is 25.5. The number of hydrogen-bond donors (Lipinski definition) is 0. The van der Waals surface area contributed by atoms with Crippen molar-refractivity contribution in [2.75, 3.05) is 5.75 Å². The van der Waals surface area contributed by atoms with Crippen LogP contribution in [0.1, 0.15) is 0 Å². The Labute approximate surface area is 143 Å². The molecule has 0 amide bonds. The fourth-order valence-corrected chi connectivity index (χ4v) is 4.11. The molecule has 0 aromatic heterocycles. The van der Waals surface area contributed by atoms with Crippen LogP contribution in [0.5, 0.6) is 0 Å². The Hall–Kier alpha value is -2.65. The van der Waals surface area contributed by atoms with Crippen molar-refractivity contribution in [3.8, 4) is 22.3 Å². The minimum Gasteiger partial charge on any atom is -0.223 e. The van der Waals surface area contributed by atoms with Gasteiger partial charge in [-0.05, 0) is 22.8 Å². The lowest BCUT2D eigenvalue weighted by Gasteiger charge is -2.15. The van der Waals surface area contributed by atoms with E-state index in [2.05, 4.69) is 6.58 Å². The second kappa shape index (κ2) is 6.85. The van der Waals surface area contributed by atoms with E-state index in [1.807, 2.05) is 66.7 Å². The molecule has 3 heteroatoms. The standard InChI is InChI=1S/C21H18O2S/c1-2-16-24(22,23)20-15-9-14-19(17-10-5-3-6-11-17)21(20)18-12-7-4-8-13-18/h2-15H,1,16H2. The van der Waals surface area contributed by atoms with E-state index in [-0.39, 0.29) is 5.75 Å². The average Bonchev–Trinajstić information content (AvgIpc) is 2.62. The van der Waals surface area contributed by atoms with Crippen LogP contribution in [0.4, 0.5) is 0 Å². The quantitative estimate of drug-likeness (QED) is 0.617. The highest BCUT2D eigenvalue weighted by atomic mass is 32.2. The van der Waals surface area contributed by atoms with Crippen LogP contribution in [0.25, 0.3) is 22.3 Å². The molecule has 0 radical (unpaired) electrons. The Bertz CT molecular complexity index is 944. The van der Waals surface area contributed by atoms with Crippen LogP contribution >= 0.6 is 0 Å². The van der Waals surface area contributed by atoms with Crippen molar-refractivity contribution in [2.24, 2.45) is 0 Å². The highest BCUT2D eigenvalue weighted by Gasteiger charge is 2.21. The fourth-order valence-electron chi connectivity index (χ4n) is 2.80. The van der Waals surface area contributed by atoms with Crippen LogP contribution in [-0.2, 0) is 9.84 Å². The zero-order valence-electron chi connectivity index (χ0n) is 13.2. The largest absolute Gasteiger partial charge is 0.223 e. The summed E-state index contributed by atoms with van der Waals surface area (Å²) in [5, 5.41) is 0. The summed E-state index contributed by atoms with van der Waals surface area (Å²) in [7, 11) is -3.44. The fraction of sp³-hybridized carbons (Fsp3) is 0.0476. The van der Waals surface area contributed by atoms with Crippen LogP contribution < -0.4 is 0 Å². The molecule has 0 N–H and O–H groups in total. The first-order valence-corrected chi connectivity index (χ1v) is 9.36. The van der Waals surface area contributed by atoms with E-state index in [4.69, 9.17) is 0 Å². The maximum absolute atomic E-state index is 12.7. The normalized spacial score (nSPS) is 11.2. The summed E-state index contributed by atoms with van der Waals surface area (Å²) >= 11 is 0. The predicted molar refractivity (Wildman–Crippen MR) is 99.6 cm³/mol. The van der Waals surface area contributed by atoms with Gasteiger partial charge in [-0.1, -0.05) is 78.9 Å². The van der Waals surface area contributed by atoms with Crippen molar-refractivity contribution in [1.82, 2.24) is 0 Å². The predicted octanol–water partition coefficient (Wildman–Crippen LogP) is 4.98. The number of benzene rings is 3. The van der Waals surface area contributed by atoms with Gasteiger partial charge in [0.25, 0.3) is 0 Å². The van der Waals surface area contributed by atoms with Gasteiger partial charge in [0, 0.05) is 5.56 Å². The molecule has 0 heterocycles. The Balaban J connectivity index is 2.34. The van der Waals surface area contributed by atoms with Gasteiger partial charge in [-0.15, -0.1) is 6.58 Å². The minimum atomic E-state index is -3.44. The summed E-state index contributed by atoms with van der Waals surface area (Å²) in [4.78, 5) is 0.343. The minimum absolute atomic E-state index is 0.0783. The summed E-state index contributed by atoms with van der Waals surface area (Å²) in [6, 6.07) is 24.9. The average molecular weight is 334 g/mol. The van der Waals surface area contributed by atoms with Gasteiger partial charge >= 0.3 is 0 Å². The zero-order valence-corrected chi connectivity index (χ0v) is 14.0. The molecule has 0 aliphatic rings. The molecule has 24 heavy (non-hydrogen) atoms. The van der Waals surface area contributed by atoms with Crippen LogP contribution in [-0.4, -0.2) is 14.2 Å². The second-order valence-electron chi connectivity index (χ2n) is 5.48. The monoisotopic (exact) mass is 334 g/mol. The van der Waals surface area contributed by atoms with Crippen molar-refractivity contribution in [3.05, 3.63) is 91.5 Å². The molecule has 0 fully saturated rings. The molecule has 2 nitrogen and oxygen atoms in total. The van der Waals surface area contributed by atoms with Gasteiger partial charge < -0.3 is 0 Å². The van der Waals surface area contributed by atoms with E-state index in [9.17, 15) is 8.42 Å². The Morgan fingerprint density at radius 3 is 1.92 bits per heavy atom. The van der Waals surface area contributed by atoms with Gasteiger partial charge in [0.2, 0.25) is 0 Å². The van der Waals surface area contributed by atoms with Crippen molar-refractivity contribution in [2.45, 2.75) is 4.90 Å². The van der Waals surface area contributed by atoms with Crippen molar-refractivity contribution in [3.63, 3.8) is 0 Å². The molecule has 0 aliphatic heterocycles. The number of rotatable bonds is 5. The third kappa shape index (κ3) is 3.17. The molecular formula is C21H18O2S. The molecule has 3 aromatic carbocycles. The Morgan fingerprint density at radius 1 is 0.750 bits per heavy atom. The molecule has 0 aliphatic carbocycles. The zero-order chi connectivity index (χ0) is 17.0. The first kappa shape index (κ1) is 16.2. The van der Waals surface area contributed by atoms with Crippen molar-refractivity contribution < 1.29 is 8.42 Å². The van der Waals surface area contributed by atoms with Crippen molar-refractivity contribution >= 4 is 9.84 Å². The van der Waals surface area contributed by atoms with E-state index >= 15 is 0 Å². The van der Waals surface area contributed by atoms with E-state index in [0.29, 0.717) is 4.90 Å². The lowest BCUT2D eigenvalue weighted by atomic mass is 9.94. The second-order valence-corrected chi connectivity index (χ2v) is 7.48. The van der Waals surface area contributed by atoms with Gasteiger partial charge in [-0.25, -0.2) is 8.42 Å². The SMILES string of the molecule is C=CCS(=O)(=O)c1cccc(-c2ccccc2)c1-c1ccccc1. The van der Waals surface area contributed by atoms with Gasteiger partial charge in [0.15, 0.2) is 9.84 Å². The number of sulfone groups is 1. The van der Waals surface area contributed by atoms with Gasteiger partial charge in [0.05, 0.1) is 10.6 Å². The van der Waals surface area contributed by atoms with Crippen molar-refractivity contribution in [1.29, 1.82) is 0 Å². The number of hydrogen-bond acceptors (Lipinski definition) is 2. The van der Waals surface area contributed by atoms with E-state index in [1.54, 1.807) is 12.1 Å². The summed E-state index contributed by atoms with van der Waals surface area (Å²) in [5.41, 5.74) is 3.53.